The molecule has 5 heteroatoms. The molecule has 0 bridgehead atoms. The summed E-state index contributed by atoms with van der Waals surface area (Å²) in [4.78, 5) is 29.8. The lowest BCUT2D eigenvalue weighted by atomic mass is 9.90. The van der Waals surface area contributed by atoms with Crippen molar-refractivity contribution in [2.24, 2.45) is 0 Å². The molecular formula is C24H24N2O3. The van der Waals surface area contributed by atoms with Gasteiger partial charge in [0.1, 0.15) is 0 Å². The molecule has 3 aromatic rings. The van der Waals surface area contributed by atoms with Gasteiger partial charge in [-0.25, -0.2) is 4.79 Å². The molecule has 0 unspecified atom stereocenters. The maximum absolute atomic E-state index is 12.9. The van der Waals surface area contributed by atoms with Crippen LogP contribution in [0.25, 0.3) is 10.9 Å². The number of carbonyl (C=O) groups is 2. The number of nitrogens with zero attached hydrogens (tertiary/aromatic N) is 1. The van der Waals surface area contributed by atoms with Crippen molar-refractivity contribution >= 4 is 22.8 Å². The minimum atomic E-state index is -0.452. The third kappa shape index (κ3) is 4.29. The number of hydrogen-bond acceptors (Lipinski definition) is 4. The van der Waals surface area contributed by atoms with Gasteiger partial charge in [0.2, 0.25) is 0 Å². The number of esters is 1. The van der Waals surface area contributed by atoms with E-state index in [-0.39, 0.29) is 12.5 Å². The van der Waals surface area contributed by atoms with Gasteiger partial charge in [0.15, 0.2) is 6.61 Å². The first-order valence-corrected chi connectivity index (χ1v) is 10.0. The van der Waals surface area contributed by atoms with Crippen LogP contribution in [0.5, 0.6) is 0 Å². The molecule has 1 aromatic heterocycles. The van der Waals surface area contributed by atoms with Gasteiger partial charge in [-0.05, 0) is 49.8 Å². The first-order chi connectivity index (χ1) is 14.1. The van der Waals surface area contributed by atoms with Crippen LogP contribution < -0.4 is 5.32 Å². The van der Waals surface area contributed by atoms with Crippen LogP contribution in [0.1, 0.15) is 45.6 Å². The molecule has 2 aromatic carbocycles. The van der Waals surface area contributed by atoms with Gasteiger partial charge in [0.25, 0.3) is 5.91 Å². The third-order valence-electron chi connectivity index (χ3n) is 5.32. The molecule has 0 fully saturated rings. The van der Waals surface area contributed by atoms with Gasteiger partial charge >= 0.3 is 5.97 Å². The second-order valence-corrected chi connectivity index (χ2v) is 7.47. The third-order valence-corrected chi connectivity index (χ3v) is 5.32. The highest BCUT2D eigenvalue weighted by Gasteiger charge is 2.24. The topological polar surface area (TPSA) is 68.3 Å². The summed E-state index contributed by atoms with van der Waals surface area (Å²) in [5, 5.41) is 3.59. The van der Waals surface area contributed by atoms with Crippen LogP contribution in [-0.4, -0.2) is 23.5 Å². The second-order valence-electron chi connectivity index (χ2n) is 7.47. The number of para-hydroxylation sites is 1. The largest absolute Gasteiger partial charge is 0.452 e. The number of rotatable bonds is 5. The van der Waals surface area contributed by atoms with E-state index in [2.05, 4.69) is 5.32 Å². The van der Waals surface area contributed by atoms with Gasteiger partial charge in [0, 0.05) is 17.6 Å². The number of ether oxygens (including phenoxy) is 1. The lowest BCUT2D eigenvalue weighted by Crippen LogP contribution is -2.28. The Bertz CT molecular complexity index is 1060. The summed E-state index contributed by atoms with van der Waals surface area (Å²) in [6, 6.07) is 15.6. The number of fused-ring (bicyclic) bond motifs is 2. The Hall–Kier alpha value is -3.21. The Kier molecular flexibility index (Phi) is 5.56. The smallest absolute Gasteiger partial charge is 0.339 e. The average Bonchev–Trinajstić information content (AvgIpc) is 2.75. The Labute approximate surface area is 170 Å². The second kappa shape index (κ2) is 8.43. The zero-order chi connectivity index (χ0) is 20.2. The number of aromatic nitrogens is 1. The van der Waals surface area contributed by atoms with E-state index in [1.807, 2.05) is 55.5 Å². The van der Waals surface area contributed by atoms with E-state index in [1.165, 1.54) is 5.56 Å². The van der Waals surface area contributed by atoms with Gasteiger partial charge in [-0.15, -0.1) is 0 Å². The van der Waals surface area contributed by atoms with Crippen LogP contribution in [0.15, 0.2) is 48.5 Å². The summed E-state index contributed by atoms with van der Waals surface area (Å²) < 4.78 is 5.39. The molecular weight excluding hydrogens is 364 g/mol. The van der Waals surface area contributed by atoms with Crippen molar-refractivity contribution in [1.82, 2.24) is 10.3 Å². The van der Waals surface area contributed by atoms with Gasteiger partial charge < -0.3 is 10.1 Å². The van der Waals surface area contributed by atoms with Crippen LogP contribution in [-0.2, 0) is 28.9 Å². The summed E-state index contributed by atoms with van der Waals surface area (Å²) in [7, 11) is 0. The molecule has 0 saturated carbocycles. The Morgan fingerprint density at radius 1 is 1.03 bits per heavy atom. The lowest BCUT2D eigenvalue weighted by Gasteiger charge is -2.19. The quantitative estimate of drug-likeness (QED) is 0.673. The van der Waals surface area contributed by atoms with Gasteiger partial charge in [0.05, 0.1) is 11.1 Å². The highest BCUT2D eigenvalue weighted by Crippen LogP contribution is 2.29. The maximum atomic E-state index is 12.9. The fourth-order valence-electron chi connectivity index (χ4n) is 3.77. The molecule has 1 aliphatic carbocycles. The monoisotopic (exact) mass is 388 g/mol. The summed E-state index contributed by atoms with van der Waals surface area (Å²) >= 11 is 0. The first-order valence-electron chi connectivity index (χ1n) is 10.0. The summed E-state index contributed by atoms with van der Waals surface area (Å²) in [5.74, 6) is -0.765. The predicted molar refractivity (Wildman–Crippen MR) is 112 cm³/mol. The number of benzene rings is 2. The van der Waals surface area contributed by atoms with Crippen molar-refractivity contribution in [3.8, 4) is 0 Å². The zero-order valence-corrected chi connectivity index (χ0v) is 16.5. The summed E-state index contributed by atoms with van der Waals surface area (Å²) in [5.41, 5.74) is 5.48. The lowest BCUT2D eigenvalue weighted by molar-refractivity contribution is -0.124. The van der Waals surface area contributed by atoms with E-state index in [0.29, 0.717) is 12.1 Å². The normalized spacial score (nSPS) is 13.0. The fourth-order valence-corrected chi connectivity index (χ4v) is 3.77. The fraction of sp³-hybridized carbons (Fsp3) is 0.292. The number of nitrogens with one attached hydrogen (secondary N) is 1. The van der Waals surface area contributed by atoms with Crippen molar-refractivity contribution in [3.63, 3.8) is 0 Å². The minimum absolute atomic E-state index is 0.296. The highest BCUT2D eigenvalue weighted by molar-refractivity contribution is 6.05. The number of pyridine rings is 1. The van der Waals surface area contributed by atoms with Crippen molar-refractivity contribution < 1.29 is 14.3 Å². The number of carbonyl (C=O) groups excluding carboxylic acids is 2. The number of aryl methyl sites for hydroxylation is 2. The van der Waals surface area contributed by atoms with E-state index in [0.717, 1.165) is 53.4 Å². The Balaban J connectivity index is 1.46. The summed E-state index contributed by atoms with van der Waals surface area (Å²) in [6.07, 6.45) is 3.80. The molecule has 0 saturated heterocycles. The van der Waals surface area contributed by atoms with E-state index in [1.54, 1.807) is 0 Å². The minimum Gasteiger partial charge on any atom is -0.452 e. The van der Waals surface area contributed by atoms with Crippen molar-refractivity contribution in [3.05, 3.63) is 76.5 Å². The van der Waals surface area contributed by atoms with E-state index < -0.39 is 5.97 Å². The standard InChI is InChI=1S/C24H24N2O3/c1-16-10-12-17(13-11-16)14-25-22(27)15-29-24(28)23-18-6-2-4-8-20(18)26-21-9-5-3-7-19(21)23/h2,4,6,8,10-13H,3,5,7,9,14-15H2,1H3,(H,25,27). The Morgan fingerprint density at radius 3 is 2.62 bits per heavy atom. The molecule has 1 N–H and O–H groups in total. The van der Waals surface area contributed by atoms with Gasteiger partial charge in [-0.2, -0.15) is 0 Å². The SMILES string of the molecule is Cc1ccc(CNC(=O)COC(=O)c2c3c(nc4ccccc24)CCCC3)cc1. The van der Waals surface area contributed by atoms with Crippen molar-refractivity contribution in [2.45, 2.75) is 39.2 Å². The molecule has 148 valence electrons. The van der Waals surface area contributed by atoms with E-state index in [4.69, 9.17) is 9.72 Å². The van der Waals surface area contributed by atoms with E-state index in [9.17, 15) is 9.59 Å². The van der Waals surface area contributed by atoms with Crippen LogP contribution in [0.4, 0.5) is 0 Å². The van der Waals surface area contributed by atoms with Gasteiger partial charge in [-0.3, -0.25) is 9.78 Å². The first kappa shape index (κ1) is 19.1. The van der Waals surface area contributed by atoms with Crippen molar-refractivity contribution in [2.75, 3.05) is 6.61 Å². The molecule has 0 spiro atoms. The molecule has 0 aliphatic heterocycles. The molecule has 1 heterocycles. The molecule has 29 heavy (non-hydrogen) atoms. The molecule has 1 aliphatic rings. The van der Waals surface area contributed by atoms with Crippen LogP contribution in [0.2, 0.25) is 0 Å². The van der Waals surface area contributed by atoms with Crippen LogP contribution in [0, 0.1) is 6.92 Å². The molecule has 1 amide bonds. The van der Waals surface area contributed by atoms with Crippen LogP contribution >= 0.6 is 0 Å². The summed E-state index contributed by atoms with van der Waals surface area (Å²) in [6.45, 7) is 2.13. The molecule has 5 nitrogen and oxygen atoms in total. The van der Waals surface area contributed by atoms with Crippen LogP contribution in [0.3, 0.4) is 0 Å². The molecule has 4 rings (SSSR count). The maximum Gasteiger partial charge on any atom is 0.339 e. The highest BCUT2D eigenvalue weighted by atomic mass is 16.5. The molecule has 0 radical (unpaired) electrons. The zero-order valence-electron chi connectivity index (χ0n) is 16.5. The molecule has 0 atom stereocenters. The predicted octanol–water partition coefficient (Wildman–Crippen LogP) is 3.90. The Morgan fingerprint density at radius 2 is 1.79 bits per heavy atom. The van der Waals surface area contributed by atoms with Crippen molar-refractivity contribution in [1.29, 1.82) is 0 Å². The average molecular weight is 388 g/mol. The van der Waals surface area contributed by atoms with E-state index >= 15 is 0 Å². The number of amides is 1. The van der Waals surface area contributed by atoms with Gasteiger partial charge in [-0.1, -0.05) is 48.0 Å². The number of hydrogen-bond donors (Lipinski definition) is 1.